The smallest absolute Gasteiger partial charge is 0.326 e. The number of benzene rings is 2. The second kappa shape index (κ2) is 7.79. The van der Waals surface area contributed by atoms with Crippen molar-refractivity contribution in [2.75, 3.05) is 5.32 Å². The van der Waals surface area contributed by atoms with Crippen LogP contribution >= 0.6 is 0 Å². The Bertz CT molecular complexity index is 1170. The molecule has 33 heavy (non-hydrogen) atoms. The van der Waals surface area contributed by atoms with Crippen molar-refractivity contribution >= 4 is 29.0 Å². The largest absolute Gasteiger partial charge is 0.365 e. The van der Waals surface area contributed by atoms with Crippen molar-refractivity contribution in [1.82, 2.24) is 0 Å². The zero-order chi connectivity index (χ0) is 24.0. The third-order valence-electron chi connectivity index (χ3n) is 8.01. The number of oxime groups is 1. The number of carbonyl (C=O) groups excluding carboxylic acids is 2. The first kappa shape index (κ1) is 22.6. The summed E-state index contributed by atoms with van der Waals surface area (Å²) < 4.78 is 0. The molecule has 1 N–H and O–H groups in total. The molecule has 0 aromatic heterocycles. The number of carbonyl (C=O) groups is 2. The Hall–Kier alpha value is -3.55. The predicted molar refractivity (Wildman–Crippen MR) is 124 cm³/mol. The minimum Gasteiger partial charge on any atom is -0.326 e. The maximum Gasteiger partial charge on any atom is 0.365 e. The van der Waals surface area contributed by atoms with Gasteiger partial charge >= 0.3 is 5.97 Å². The molecule has 0 aliphatic heterocycles. The van der Waals surface area contributed by atoms with Crippen molar-refractivity contribution in [3.8, 4) is 0 Å². The van der Waals surface area contributed by atoms with Crippen LogP contribution in [0.2, 0.25) is 0 Å². The topological polar surface area (TPSA) is 111 Å². The number of hydrogen-bond donors (Lipinski definition) is 1. The lowest BCUT2D eigenvalue weighted by Gasteiger charge is -2.39. The van der Waals surface area contributed by atoms with Crippen LogP contribution in [0.15, 0.2) is 53.7 Å². The van der Waals surface area contributed by atoms with Gasteiger partial charge in [-0.2, -0.15) is 0 Å². The van der Waals surface area contributed by atoms with E-state index in [2.05, 4.69) is 31.2 Å². The van der Waals surface area contributed by atoms with Gasteiger partial charge in [0.2, 0.25) is 5.91 Å². The summed E-state index contributed by atoms with van der Waals surface area (Å²) in [5.41, 5.74) is 0.865. The van der Waals surface area contributed by atoms with Gasteiger partial charge in [0.25, 0.3) is 5.69 Å². The Morgan fingerprint density at radius 2 is 1.79 bits per heavy atom. The fourth-order valence-corrected chi connectivity index (χ4v) is 5.31. The van der Waals surface area contributed by atoms with E-state index in [1.807, 2.05) is 31.2 Å². The van der Waals surface area contributed by atoms with Gasteiger partial charge in [-0.05, 0) is 43.4 Å². The molecular weight excluding hydrogens is 422 g/mol. The van der Waals surface area contributed by atoms with Crippen molar-refractivity contribution in [1.29, 1.82) is 0 Å². The van der Waals surface area contributed by atoms with Crippen LogP contribution in [0.5, 0.6) is 0 Å². The summed E-state index contributed by atoms with van der Waals surface area (Å²) in [5.74, 6) is -0.830. The Morgan fingerprint density at radius 1 is 1.09 bits per heavy atom. The standard InChI is InChI=1S/C25H27N3O5/c1-16-8-10-18(11-9-16)26-22(30)25-13-12-24(4,23(25,2)3)20(15-25)27-33-21(29)17-6-5-7-19(14-17)28(31)32/h5-11,14H,12-13,15H2,1-4H3,(H,26,30). The fraction of sp³-hybridized carbons (Fsp3) is 0.400. The summed E-state index contributed by atoms with van der Waals surface area (Å²) in [6.07, 6.45) is 1.84. The first-order chi connectivity index (χ1) is 15.5. The molecule has 2 aromatic carbocycles. The van der Waals surface area contributed by atoms with Crippen LogP contribution in [0.4, 0.5) is 11.4 Å². The van der Waals surface area contributed by atoms with Crippen LogP contribution < -0.4 is 5.32 Å². The Labute approximate surface area is 192 Å². The maximum atomic E-state index is 13.5. The lowest BCUT2D eigenvalue weighted by atomic mass is 9.64. The molecule has 0 radical (unpaired) electrons. The molecule has 172 valence electrons. The van der Waals surface area contributed by atoms with Crippen molar-refractivity contribution in [2.45, 2.75) is 47.0 Å². The molecule has 2 atom stereocenters. The lowest BCUT2D eigenvalue weighted by Crippen LogP contribution is -2.43. The number of nitrogens with one attached hydrogen (secondary N) is 1. The third-order valence-corrected chi connectivity index (χ3v) is 8.01. The number of amides is 1. The zero-order valence-electron chi connectivity index (χ0n) is 19.2. The summed E-state index contributed by atoms with van der Waals surface area (Å²) in [6, 6.07) is 13.0. The van der Waals surface area contributed by atoms with Gasteiger partial charge in [0, 0.05) is 29.7 Å². The molecule has 0 heterocycles. The number of aryl methyl sites for hydroxylation is 1. The number of rotatable bonds is 5. The number of hydrogen-bond acceptors (Lipinski definition) is 6. The van der Waals surface area contributed by atoms with E-state index in [0.717, 1.165) is 23.7 Å². The summed E-state index contributed by atoms with van der Waals surface area (Å²) in [7, 11) is 0. The molecule has 2 saturated carbocycles. The van der Waals surface area contributed by atoms with E-state index in [4.69, 9.17) is 4.84 Å². The highest BCUT2D eigenvalue weighted by Crippen LogP contribution is 2.71. The molecule has 0 spiro atoms. The first-order valence-electron chi connectivity index (χ1n) is 10.9. The Kier molecular flexibility index (Phi) is 5.35. The molecular formula is C25H27N3O5. The molecule has 1 amide bonds. The van der Waals surface area contributed by atoms with Gasteiger partial charge in [-0.3, -0.25) is 14.9 Å². The van der Waals surface area contributed by atoms with E-state index in [9.17, 15) is 19.7 Å². The van der Waals surface area contributed by atoms with Gasteiger partial charge in [0.1, 0.15) is 0 Å². The number of non-ortho nitro benzene ring substituents is 1. The summed E-state index contributed by atoms with van der Waals surface area (Å²) in [6.45, 7) is 8.19. The van der Waals surface area contributed by atoms with E-state index in [1.165, 1.54) is 18.2 Å². The van der Waals surface area contributed by atoms with Crippen molar-refractivity contribution in [3.05, 3.63) is 69.8 Å². The van der Waals surface area contributed by atoms with Gasteiger partial charge in [-0.1, -0.05) is 49.7 Å². The van der Waals surface area contributed by atoms with Crippen LogP contribution in [0, 0.1) is 33.3 Å². The molecule has 2 bridgehead atoms. The number of anilines is 1. The Morgan fingerprint density at radius 3 is 2.45 bits per heavy atom. The van der Waals surface area contributed by atoms with Gasteiger partial charge in [0.05, 0.1) is 21.6 Å². The molecule has 8 heteroatoms. The van der Waals surface area contributed by atoms with Gasteiger partial charge < -0.3 is 10.2 Å². The van der Waals surface area contributed by atoms with E-state index in [-0.39, 0.29) is 17.2 Å². The highest BCUT2D eigenvalue weighted by Gasteiger charge is 2.71. The molecule has 2 aliphatic rings. The van der Waals surface area contributed by atoms with Crippen molar-refractivity contribution in [2.24, 2.45) is 21.4 Å². The van der Waals surface area contributed by atoms with Crippen LogP contribution in [0.3, 0.4) is 0 Å². The summed E-state index contributed by atoms with van der Waals surface area (Å²) in [5, 5.41) is 18.2. The van der Waals surface area contributed by atoms with E-state index in [0.29, 0.717) is 18.6 Å². The third kappa shape index (κ3) is 3.50. The summed E-state index contributed by atoms with van der Waals surface area (Å²) >= 11 is 0. The van der Waals surface area contributed by atoms with Gasteiger partial charge in [-0.15, -0.1) is 0 Å². The number of nitro benzene ring substituents is 1. The normalized spacial score (nSPS) is 26.2. The highest BCUT2D eigenvalue weighted by molar-refractivity contribution is 6.06. The van der Waals surface area contributed by atoms with Crippen LogP contribution in [-0.2, 0) is 9.63 Å². The minimum atomic E-state index is -0.770. The first-order valence-corrected chi connectivity index (χ1v) is 10.9. The van der Waals surface area contributed by atoms with E-state index < -0.39 is 27.1 Å². The predicted octanol–water partition coefficient (Wildman–Crippen LogP) is 5.27. The van der Waals surface area contributed by atoms with Crippen molar-refractivity contribution in [3.63, 3.8) is 0 Å². The zero-order valence-corrected chi connectivity index (χ0v) is 19.2. The van der Waals surface area contributed by atoms with Crippen LogP contribution in [0.25, 0.3) is 0 Å². The SMILES string of the molecule is Cc1ccc(NC(=O)C23CCC(C)(C(=NOC(=O)c4cccc([N+](=O)[O-])c4)C2)C3(C)C)cc1. The second-order valence-electron chi connectivity index (χ2n) is 9.76. The minimum absolute atomic E-state index is 0.0490. The molecule has 2 fully saturated rings. The summed E-state index contributed by atoms with van der Waals surface area (Å²) in [4.78, 5) is 41.6. The van der Waals surface area contributed by atoms with E-state index >= 15 is 0 Å². The quantitative estimate of drug-likeness (QED) is 0.380. The maximum absolute atomic E-state index is 13.5. The van der Waals surface area contributed by atoms with E-state index in [1.54, 1.807) is 0 Å². The fourth-order valence-electron chi connectivity index (χ4n) is 5.31. The average molecular weight is 450 g/mol. The molecule has 0 saturated heterocycles. The van der Waals surface area contributed by atoms with Gasteiger partial charge in [0.15, 0.2) is 0 Å². The Balaban J connectivity index is 1.57. The van der Waals surface area contributed by atoms with Crippen molar-refractivity contribution < 1.29 is 19.3 Å². The molecule has 2 unspecified atom stereocenters. The molecule has 8 nitrogen and oxygen atoms in total. The average Bonchev–Trinajstić information content (AvgIpc) is 3.09. The monoisotopic (exact) mass is 449 g/mol. The lowest BCUT2D eigenvalue weighted by molar-refractivity contribution is -0.384. The molecule has 2 aromatic rings. The highest BCUT2D eigenvalue weighted by atomic mass is 16.7. The van der Waals surface area contributed by atoms with Crippen LogP contribution in [-0.4, -0.2) is 22.5 Å². The second-order valence-corrected chi connectivity index (χ2v) is 9.76. The molecule has 2 aliphatic carbocycles. The number of fused-ring (bicyclic) bond motifs is 2. The number of nitrogens with zero attached hydrogens (tertiary/aromatic N) is 2. The van der Waals surface area contributed by atoms with Crippen LogP contribution in [0.1, 0.15) is 56.0 Å². The number of nitro groups is 1. The van der Waals surface area contributed by atoms with Gasteiger partial charge in [-0.25, -0.2) is 4.79 Å². The molecule has 4 rings (SSSR count).